The van der Waals surface area contributed by atoms with Crippen LogP contribution in [0.4, 0.5) is 14.5 Å². The topological polar surface area (TPSA) is 63.7 Å². The monoisotopic (exact) mass is 355 g/mol. The summed E-state index contributed by atoms with van der Waals surface area (Å²) in [5, 5.41) is 0. The van der Waals surface area contributed by atoms with Crippen LogP contribution in [0.5, 0.6) is 0 Å². The maximum atomic E-state index is 14.2. The van der Waals surface area contributed by atoms with Gasteiger partial charge in [-0.05, 0) is 30.3 Å². The van der Waals surface area contributed by atoms with Crippen LogP contribution in [0, 0.1) is 11.6 Å². The molecule has 2 aromatic rings. The highest BCUT2D eigenvalue weighted by Crippen LogP contribution is 2.23. The zero-order valence-corrected chi connectivity index (χ0v) is 13.8. The SMILES string of the molecule is COC(=O)c1ccc(CN(c2cccc(F)c2)S(C)(=O)=O)c(F)c1. The van der Waals surface area contributed by atoms with Gasteiger partial charge in [0.05, 0.1) is 31.2 Å². The second-order valence-corrected chi connectivity index (χ2v) is 6.95. The number of hydrogen-bond donors (Lipinski definition) is 0. The number of nitrogens with zero attached hydrogens (tertiary/aromatic N) is 1. The zero-order valence-electron chi connectivity index (χ0n) is 13.0. The lowest BCUT2D eigenvalue weighted by Gasteiger charge is -2.23. The molecule has 0 aliphatic rings. The van der Waals surface area contributed by atoms with E-state index in [-0.39, 0.29) is 23.4 Å². The van der Waals surface area contributed by atoms with E-state index in [1.807, 2.05) is 0 Å². The van der Waals surface area contributed by atoms with Crippen molar-refractivity contribution in [1.29, 1.82) is 0 Å². The number of sulfonamides is 1. The van der Waals surface area contributed by atoms with Gasteiger partial charge in [0.2, 0.25) is 10.0 Å². The van der Waals surface area contributed by atoms with Gasteiger partial charge in [-0.1, -0.05) is 12.1 Å². The summed E-state index contributed by atoms with van der Waals surface area (Å²) in [5.41, 5.74) is 0.127. The van der Waals surface area contributed by atoms with Crippen LogP contribution in [-0.2, 0) is 21.3 Å². The highest BCUT2D eigenvalue weighted by molar-refractivity contribution is 7.92. The summed E-state index contributed by atoms with van der Waals surface area (Å²) in [7, 11) is -2.60. The molecule has 2 rings (SSSR count). The third kappa shape index (κ3) is 4.08. The fraction of sp³-hybridized carbons (Fsp3) is 0.188. The van der Waals surface area contributed by atoms with Gasteiger partial charge in [-0.15, -0.1) is 0 Å². The number of rotatable bonds is 5. The Morgan fingerprint density at radius 1 is 1.17 bits per heavy atom. The number of esters is 1. The second-order valence-electron chi connectivity index (χ2n) is 5.05. The standard InChI is InChI=1S/C16H15F2NO4S/c1-23-16(20)11-6-7-12(15(18)8-11)10-19(24(2,21)22)14-5-3-4-13(17)9-14/h3-9H,10H2,1-2H3. The average Bonchev–Trinajstić information content (AvgIpc) is 2.51. The van der Waals surface area contributed by atoms with Crippen LogP contribution < -0.4 is 4.31 Å². The summed E-state index contributed by atoms with van der Waals surface area (Å²) < 4.78 is 56.9. The third-order valence-corrected chi connectivity index (χ3v) is 4.43. The predicted octanol–water partition coefficient (Wildman–Crippen LogP) is 2.72. The largest absolute Gasteiger partial charge is 0.465 e. The van der Waals surface area contributed by atoms with Gasteiger partial charge in [0.25, 0.3) is 0 Å². The maximum Gasteiger partial charge on any atom is 0.337 e. The molecule has 0 radical (unpaired) electrons. The summed E-state index contributed by atoms with van der Waals surface area (Å²) in [5.74, 6) is -2.07. The molecular weight excluding hydrogens is 340 g/mol. The van der Waals surface area contributed by atoms with Crippen molar-refractivity contribution >= 4 is 21.7 Å². The molecule has 0 fully saturated rings. The summed E-state index contributed by atoms with van der Waals surface area (Å²) in [6.07, 6.45) is 0.943. The Hall–Kier alpha value is -2.48. The second kappa shape index (κ2) is 6.96. The lowest BCUT2D eigenvalue weighted by molar-refractivity contribution is 0.0600. The molecule has 2 aromatic carbocycles. The number of hydrogen-bond acceptors (Lipinski definition) is 4. The molecule has 0 unspecified atom stereocenters. The molecule has 0 heterocycles. The molecule has 0 aromatic heterocycles. The van der Waals surface area contributed by atoms with Gasteiger partial charge in [0, 0.05) is 5.56 Å². The van der Waals surface area contributed by atoms with E-state index >= 15 is 0 Å². The van der Waals surface area contributed by atoms with Crippen LogP contribution >= 0.6 is 0 Å². The normalized spacial score (nSPS) is 11.2. The van der Waals surface area contributed by atoms with Crippen LogP contribution in [0.15, 0.2) is 42.5 Å². The summed E-state index contributed by atoms with van der Waals surface area (Å²) in [6, 6.07) is 8.57. The van der Waals surface area contributed by atoms with Crippen molar-refractivity contribution in [3.8, 4) is 0 Å². The first-order chi connectivity index (χ1) is 11.2. The number of benzene rings is 2. The van der Waals surface area contributed by atoms with Gasteiger partial charge in [0.15, 0.2) is 0 Å². The Labute approximate surface area is 138 Å². The van der Waals surface area contributed by atoms with Gasteiger partial charge in [-0.2, -0.15) is 0 Å². The molecule has 5 nitrogen and oxygen atoms in total. The number of anilines is 1. The molecular formula is C16H15F2NO4S. The third-order valence-electron chi connectivity index (χ3n) is 3.28. The molecule has 0 N–H and O–H groups in total. The van der Waals surface area contributed by atoms with E-state index < -0.39 is 27.6 Å². The Morgan fingerprint density at radius 3 is 2.42 bits per heavy atom. The van der Waals surface area contributed by atoms with Crippen molar-refractivity contribution in [3.05, 3.63) is 65.2 Å². The molecule has 0 atom stereocenters. The highest BCUT2D eigenvalue weighted by atomic mass is 32.2. The molecule has 0 amide bonds. The minimum Gasteiger partial charge on any atom is -0.465 e. The predicted molar refractivity (Wildman–Crippen MR) is 85.2 cm³/mol. The summed E-state index contributed by atoms with van der Waals surface area (Å²) in [4.78, 5) is 11.4. The van der Waals surface area contributed by atoms with Crippen molar-refractivity contribution in [2.45, 2.75) is 6.54 Å². The highest BCUT2D eigenvalue weighted by Gasteiger charge is 2.20. The van der Waals surface area contributed by atoms with Gasteiger partial charge in [-0.3, -0.25) is 4.31 Å². The van der Waals surface area contributed by atoms with Crippen molar-refractivity contribution < 1.29 is 26.7 Å². The number of carbonyl (C=O) groups excluding carboxylic acids is 1. The number of methoxy groups -OCH3 is 1. The van der Waals surface area contributed by atoms with Crippen molar-refractivity contribution in [2.75, 3.05) is 17.7 Å². The quantitative estimate of drug-likeness (QED) is 0.774. The van der Waals surface area contributed by atoms with E-state index in [1.54, 1.807) is 0 Å². The van der Waals surface area contributed by atoms with Crippen molar-refractivity contribution in [3.63, 3.8) is 0 Å². The molecule has 24 heavy (non-hydrogen) atoms. The average molecular weight is 355 g/mol. The van der Waals surface area contributed by atoms with Gasteiger partial charge in [0.1, 0.15) is 11.6 Å². The smallest absolute Gasteiger partial charge is 0.337 e. The molecule has 0 aliphatic carbocycles. The zero-order chi connectivity index (χ0) is 17.9. The van der Waals surface area contributed by atoms with E-state index in [1.165, 1.54) is 37.4 Å². The van der Waals surface area contributed by atoms with Crippen LogP contribution in [0.3, 0.4) is 0 Å². The molecule has 128 valence electrons. The molecule has 8 heteroatoms. The first-order valence-corrected chi connectivity index (χ1v) is 8.67. The Bertz CT molecular complexity index is 868. The Kier molecular flexibility index (Phi) is 5.18. The molecule has 0 spiro atoms. The van der Waals surface area contributed by atoms with E-state index in [9.17, 15) is 22.0 Å². The molecule has 0 saturated carbocycles. The first-order valence-electron chi connectivity index (χ1n) is 6.82. The van der Waals surface area contributed by atoms with Crippen molar-refractivity contribution in [2.24, 2.45) is 0 Å². The van der Waals surface area contributed by atoms with E-state index in [0.717, 1.165) is 22.7 Å². The fourth-order valence-electron chi connectivity index (χ4n) is 2.11. The Balaban J connectivity index is 2.39. The minimum atomic E-state index is -3.77. The van der Waals surface area contributed by atoms with Crippen LogP contribution in [0.1, 0.15) is 15.9 Å². The molecule has 0 bridgehead atoms. The molecule has 0 aliphatic heterocycles. The number of carbonyl (C=O) groups is 1. The summed E-state index contributed by atoms with van der Waals surface area (Å²) in [6.45, 7) is -0.338. The van der Waals surface area contributed by atoms with E-state index in [0.29, 0.717) is 0 Å². The van der Waals surface area contributed by atoms with E-state index in [4.69, 9.17) is 0 Å². The first kappa shape index (κ1) is 17.9. The Morgan fingerprint density at radius 2 is 1.88 bits per heavy atom. The van der Waals surface area contributed by atoms with Gasteiger partial charge < -0.3 is 4.74 Å². The summed E-state index contributed by atoms with van der Waals surface area (Å²) >= 11 is 0. The number of ether oxygens (including phenoxy) is 1. The van der Waals surface area contributed by atoms with Crippen LogP contribution in [-0.4, -0.2) is 27.8 Å². The number of halogens is 2. The van der Waals surface area contributed by atoms with Crippen LogP contribution in [0.2, 0.25) is 0 Å². The van der Waals surface area contributed by atoms with Gasteiger partial charge >= 0.3 is 5.97 Å². The fourth-order valence-corrected chi connectivity index (χ4v) is 2.98. The van der Waals surface area contributed by atoms with Crippen LogP contribution in [0.25, 0.3) is 0 Å². The van der Waals surface area contributed by atoms with Gasteiger partial charge in [-0.25, -0.2) is 22.0 Å². The van der Waals surface area contributed by atoms with E-state index in [2.05, 4.69) is 4.74 Å². The van der Waals surface area contributed by atoms with Crippen molar-refractivity contribution in [1.82, 2.24) is 0 Å². The minimum absolute atomic E-state index is 0.00964. The lowest BCUT2D eigenvalue weighted by atomic mass is 10.1. The lowest BCUT2D eigenvalue weighted by Crippen LogP contribution is -2.29. The molecule has 0 saturated heterocycles. The maximum absolute atomic E-state index is 14.2.